The van der Waals surface area contributed by atoms with Gasteiger partial charge in [-0.25, -0.2) is 4.79 Å². The maximum atomic E-state index is 11.4. The monoisotopic (exact) mass is 230 g/mol. The predicted octanol–water partition coefficient (Wildman–Crippen LogP) is 2.21. The third-order valence-electron chi connectivity index (χ3n) is 2.57. The van der Waals surface area contributed by atoms with Crippen LogP contribution in [-0.2, 0) is 9.53 Å². The van der Waals surface area contributed by atoms with Crippen LogP contribution in [0.5, 0.6) is 0 Å². The number of aromatic nitrogens is 1. The Labute approximate surface area is 99.6 Å². The van der Waals surface area contributed by atoms with Crippen LogP contribution >= 0.6 is 0 Å². The molecule has 1 atom stereocenters. The SMILES string of the molecule is COC(=O)C(C)Nc1cccc2ncccc12. The highest BCUT2D eigenvalue weighted by Crippen LogP contribution is 2.21. The normalized spacial score (nSPS) is 12.1. The molecule has 0 aliphatic heterocycles. The minimum absolute atomic E-state index is 0.286. The summed E-state index contributed by atoms with van der Waals surface area (Å²) in [5.41, 5.74) is 1.78. The fraction of sp³-hybridized carbons (Fsp3) is 0.231. The van der Waals surface area contributed by atoms with Gasteiger partial charge in [0.2, 0.25) is 0 Å². The van der Waals surface area contributed by atoms with Gasteiger partial charge in [-0.15, -0.1) is 0 Å². The Morgan fingerprint density at radius 3 is 2.94 bits per heavy atom. The van der Waals surface area contributed by atoms with Gasteiger partial charge in [-0.1, -0.05) is 6.07 Å². The molecule has 1 aromatic carbocycles. The molecule has 0 spiro atoms. The van der Waals surface area contributed by atoms with E-state index in [-0.39, 0.29) is 12.0 Å². The lowest BCUT2D eigenvalue weighted by Gasteiger charge is -2.14. The summed E-state index contributed by atoms with van der Waals surface area (Å²) in [6, 6.07) is 9.21. The van der Waals surface area contributed by atoms with E-state index in [0.29, 0.717) is 0 Å². The van der Waals surface area contributed by atoms with Gasteiger partial charge in [0.15, 0.2) is 0 Å². The van der Waals surface area contributed by atoms with Crippen molar-refractivity contribution in [2.45, 2.75) is 13.0 Å². The summed E-state index contributed by atoms with van der Waals surface area (Å²) >= 11 is 0. The summed E-state index contributed by atoms with van der Waals surface area (Å²) in [6.07, 6.45) is 1.75. The van der Waals surface area contributed by atoms with Gasteiger partial charge < -0.3 is 10.1 Å². The van der Waals surface area contributed by atoms with Crippen LogP contribution in [-0.4, -0.2) is 24.1 Å². The highest BCUT2D eigenvalue weighted by Gasteiger charge is 2.13. The fourth-order valence-electron chi connectivity index (χ4n) is 1.70. The molecule has 0 radical (unpaired) electrons. The molecule has 0 saturated heterocycles. The Balaban J connectivity index is 2.33. The average molecular weight is 230 g/mol. The Morgan fingerprint density at radius 2 is 2.18 bits per heavy atom. The van der Waals surface area contributed by atoms with Gasteiger partial charge in [-0.3, -0.25) is 4.98 Å². The first kappa shape index (κ1) is 11.4. The van der Waals surface area contributed by atoms with Gasteiger partial charge in [0.25, 0.3) is 0 Å². The molecule has 0 saturated carbocycles. The molecule has 0 amide bonds. The number of carbonyl (C=O) groups is 1. The lowest BCUT2D eigenvalue weighted by atomic mass is 10.1. The first-order valence-corrected chi connectivity index (χ1v) is 5.40. The highest BCUT2D eigenvalue weighted by molar-refractivity contribution is 5.93. The van der Waals surface area contributed by atoms with E-state index in [1.54, 1.807) is 13.1 Å². The van der Waals surface area contributed by atoms with Crippen LogP contribution in [0.4, 0.5) is 5.69 Å². The number of methoxy groups -OCH3 is 1. The second-order valence-corrected chi connectivity index (χ2v) is 3.76. The van der Waals surface area contributed by atoms with E-state index in [4.69, 9.17) is 0 Å². The number of pyridine rings is 1. The van der Waals surface area contributed by atoms with E-state index in [1.807, 2.05) is 30.3 Å². The van der Waals surface area contributed by atoms with Gasteiger partial charge in [-0.2, -0.15) is 0 Å². The number of hydrogen-bond acceptors (Lipinski definition) is 4. The van der Waals surface area contributed by atoms with E-state index in [9.17, 15) is 4.79 Å². The molecule has 1 unspecified atom stereocenters. The maximum Gasteiger partial charge on any atom is 0.327 e. The van der Waals surface area contributed by atoms with Gasteiger partial charge >= 0.3 is 5.97 Å². The van der Waals surface area contributed by atoms with Crippen molar-refractivity contribution < 1.29 is 9.53 Å². The molecular weight excluding hydrogens is 216 g/mol. The minimum atomic E-state index is -0.384. The lowest BCUT2D eigenvalue weighted by Crippen LogP contribution is -2.27. The smallest absolute Gasteiger partial charge is 0.327 e. The summed E-state index contributed by atoms with van der Waals surface area (Å²) in [5, 5.41) is 4.11. The predicted molar refractivity (Wildman–Crippen MR) is 66.8 cm³/mol. The number of hydrogen-bond donors (Lipinski definition) is 1. The summed E-state index contributed by atoms with van der Waals surface area (Å²) in [5.74, 6) is -0.286. The Kier molecular flexibility index (Phi) is 3.23. The third kappa shape index (κ3) is 2.36. The first-order valence-electron chi connectivity index (χ1n) is 5.40. The number of nitrogens with zero attached hydrogens (tertiary/aromatic N) is 1. The topological polar surface area (TPSA) is 51.2 Å². The Bertz CT molecular complexity index is 534. The Morgan fingerprint density at radius 1 is 1.35 bits per heavy atom. The third-order valence-corrected chi connectivity index (χ3v) is 2.57. The molecule has 4 nitrogen and oxygen atoms in total. The van der Waals surface area contributed by atoms with E-state index in [0.717, 1.165) is 16.6 Å². The number of benzene rings is 1. The van der Waals surface area contributed by atoms with Gasteiger partial charge in [0.1, 0.15) is 6.04 Å². The van der Waals surface area contributed by atoms with Gasteiger partial charge in [0, 0.05) is 17.3 Å². The minimum Gasteiger partial charge on any atom is -0.467 e. The molecule has 0 bridgehead atoms. The summed E-state index contributed by atoms with van der Waals surface area (Å²) < 4.78 is 4.68. The molecule has 1 aromatic heterocycles. The lowest BCUT2D eigenvalue weighted by molar-refractivity contribution is -0.141. The van der Waals surface area contributed by atoms with E-state index >= 15 is 0 Å². The molecule has 1 N–H and O–H groups in total. The number of ether oxygens (including phenoxy) is 1. The van der Waals surface area contributed by atoms with Crippen molar-refractivity contribution in [1.29, 1.82) is 0 Å². The molecule has 17 heavy (non-hydrogen) atoms. The van der Waals surface area contributed by atoms with Crippen LogP contribution < -0.4 is 5.32 Å². The van der Waals surface area contributed by atoms with Crippen molar-refractivity contribution in [2.24, 2.45) is 0 Å². The van der Waals surface area contributed by atoms with Crippen LogP contribution in [0.3, 0.4) is 0 Å². The molecule has 0 fully saturated rings. The van der Waals surface area contributed by atoms with Crippen molar-refractivity contribution >= 4 is 22.6 Å². The molecular formula is C13H14N2O2. The van der Waals surface area contributed by atoms with Crippen molar-refractivity contribution in [3.63, 3.8) is 0 Å². The molecule has 2 aromatic rings. The van der Waals surface area contributed by atoms with Crippen molar-refractivity contribution in [1.82, 2.24) is 4.98 Å². The largest absolute Gasteiger partial charge is 0.467 e. The molecule has 1 heterocycles. The summed E-state index contributed by atoms with van der Waals surface area (Å²) in [6.45, 7) is 1.76. The number of carbonyl (C=O) groups excluding carboxylic acids is 1. The first-order chi connectivity index (χ1) is 8.22. The number of rotatable bonds is 3. The highest BCUT2D eigenvalue weighted by atomic mass is 16.5. The van der Waals surface area contributed by atoms with E-state index in [1.165, 1.54) is 7.11 Å². The second kappa shape index (κ2) is 4.82. The van der Waals surface area contributed by atoms with Crippen LogP contribution in [0, 0.1) is 0 Å². The number of nitrogens with one attached hydrogen (secondary N) is 1. The van der Waals surface area contributed by atoms with Gasteiger partial charge in [0.05, 0.1) is 12.6 Å². The molecule has 88 valence electrons. The van der Waals surface area contributed by atoms with Gasteiger partial charge in [-0.05, 0) is 31.2 Å². The van der Waals surface area contributed by atoms with E-state index in [2.05, 4.69) is 15.0 Å². The molecule has 2 rings (SSSR count). The van der Waals surface area contributed by atoms with Crippen molar-refractivity contribution in [3.05, 3.63) is 36.5 Å². The summed E-state index contributed by atoms with van der Waals surface area (Å²) in [4.78, 5) is 15.6. The summed E-state index contributed by atoms with van der Waals surface area (Å²) in [7, 11) is 1.38. The zero-order valence-electron chi connectivity index (χ0n) is 9.81. The molecule has 0 aliphatic carbocycles. The standard InChI is InChI=1S/C13H14N2O2/c1-9(13(16)17-2)15-12-7-3-6-11-10(12)5-4-8-14-11/h3-9,15H,1-2H3. The number of esters is 1. The molecule has 0 aliphatic rings. The van der Waals surface area contributed by atoms with Crippen LogP contribution in [0.2, 0.25) is 0 Å². The average Bonchev–Trinajstić information content (AvgIpc) is 2.38. The van der Waals surface area contributed by atoms with Crippen molar-refractivity contribution in [3.8, 4) is 0 Å². The van der Waals surface area contributed by atoms with Crippen LogP contribution in [0.15, 0.2) is 36.5 Å². The van der Waals surface area contributed by atoms with Crippen LogP contribution in [0.25, 0.3) is 10.9 Å². The zero-order valence-corrected chi connectivity index (χ0v) is 9.81. The fourth-order valence-corrected chi connectivity index (χ4v) is 1.70. The van der Waals surface area contributed by atoms with E-state index < -0.39 is 0 Å². The zero-order chi connectivity index (χ0) is 12.3. The molecule has 4 heteroatoms. The second-order valence-electron chi connectivity index (χ2n) is 3.76. The number of anilines is 1. The maximum absolute atomic E-state index is 11.4. The Hall–Kier alpha value is -2.10. The van der Waals surface area contributed by atoms with Crippen LogP contribution in [0.1, 0.15) is 6.92 Å². The number of fused-ring (bicyclic) bond motifs is 1. The quantitative estimate of drug-likeness (QED) is 0.821. The van der Waals surface area contributed by atoms with Crippen molar-refractivity contribution in [2.75, 3.05) is 12.4 Å².